The zero-order chi connectivity index (χ0) is 8.72. The fraction of sp³-hybridized carbons (Fsp3) is 0.889. The van der Waals surface area contributed by atoms with Crippen LogP contribution in [0.4, 0.5) is 4.79 Å². The van der Waals surface area contributed by atoms with Gasteiger partial charge in [0, 0.05) is 0 Å². The average molecular weight is 170 g/mol. The number of carbonyl (C=O) groups is 1. The molecule has 1 aliphatic heterocycles. The van der Waals surface area contributed by atoms with Crippen LogP contribution in [0.5, 0.6) is 0 Å². The maximum absolute atomic E-state index is 10.9. The third kappa shape index (κ3) is 1.08. The highest BCUT2D eigenvalue weighted by molar-refractivity contribution is 5.62. The van der Waals surface area contributed by atoms with E-state index in [0.29, 0.717) is 11.8 Å². The summed E-state index contributed by atoms with van der Waals surface area (Å²) in [4.78, 5) is 10.9. The zero-order valence-corrected chi connectivity index (χ0v) is 7.45. The van der Waals surface area contributed by atoms with Crippen LogP contribution in [-0.4, -0.2) is 18.4 Å². The number of carbonyl (C=O) groups excluding carboxylic acids is 1. The number of fused-ring (bicyclic) bond motifs is 1. The highest BCUT2D eigenvalue weighted by Crippen LogP contribution is 2.36. The molecule has 2 fully saturated rings. The van der Waals surface area contributed by atoms with Gasteiger partial charge in [-0.25, -0.2) is 4.79 Å². The summed E-state index contributed by atoms with van der Waals surface area (Å²) in [6, 6.07) is 0. The molecule has 0 N–H and O–H groups in total. The molecular formula is C9H14O3. The standard InChI is InChI=1S/C9H14O3/c1-5-3-4-6(2)8-7(5)11-9(10)12-8/h5-8H,3-4H2,1-2H3. The minimum Gasteiger partial charge on any atom is -0.427 e. The third-order valence-electron chi connectivity index (χ3n) is 2.99. The molecule has 2 rings (SSSR count). The lowest BCUT2D eigenvalue weighted by Gasteiger charge is -2.31. The SMILES string of the molecule is CC1CCC(C)C2OC(=O)OC12. The summed E-state index contributed by atoms with van der Waals surface area (Å²) in [6.07, 6.45) is 1.82. The van der Waals surface area contributed by atoms with E-state index < -0.39 is 6.16 Å². The summed E-state index contributed by atoms with van der Waals surface area (Å²) >= 11 is 0. The van der Waals surface area contributed by atoms with Crippen molar-refractivity contribution in [1.29, 1.82) is 0 Å². The van der Waals surface area contributed by atoms with Gasteiger partial charge in [-0.2, -0.15) is 0 Å². The normalized spacial score (nSPS) is 46.3. The lowest BCUT2D eigenvalue weighted by atomic mass is 9.79. The summed E-state index contributed by atoms with van der Waals surface area (Å²) in [5.74, 6) is 0.912. The molecule has 4 unspecified atom stereocenters. The maximum atomic E-state index is 10.9. The van der Waals surface area contributed by atoms with Gasteiger partial charge in [-0.1, -0.05) is 13.8 Å². The third-order valence-corrected chi connectivity index (χ3v) is 2.99. The molecule has 68 valence electrons. The number of hydrogen-bond donors (Lipinski definition) is 0. The van der Waals surface area contributed by atoms with Crippen LogP contribution < -0.4 is 0 Å². The first-order valence-corrected chi connectivity index (χ1v) is 4.55. The van der Waals surface area contributed by atoms with Crippen LogP contribution in [0.3, 0.4) is 0 Å². The van der Waals surface area contributed by atoms with Crippen molar-refractivity contribution in [3.8, 4) is 0 Å². The lowest BCUT2D eigenvalue weighted by Crippen LogP contribution is -2.38. The van der Waals surface area contributed by atoms with Gasteiger partial charge in [0.05, 0.1) is 0 Å². The van der Waals surface area contributed by atoms with E-state index in [1.165, 1.54) is 0 Å². The highest BCUT2D eigenvalue weighted by Gasteiger charge is 2.45. The summed E-state index contributed by atoms with van der Waals surface area (Å²) < 4.78 is 10.2. The second-order valence-corrected chi connectivity index (χ2v) is 3.95. The van der Waals surface area contributed by atoms with Gasteiger partial charge in [0.2, 0.25) is 0 Å². The second-order valence-electron chi connectivity index (χ2n) is 3.95. The Balaban J connectivity index is 2.14. The van der Waals surface area contributed by atoms with Crippen molar-refractivity contribution in [3.63, 3.8) is 0 Å². The number of ether oxygens (including phenoxy) is 2. The van der Waals surface area contributed by atoms with Crippen molar-refractivity contribution in [3.05, 3.63) is 0 Å². The first kappa shape index (κ1) is 7.90. The molecule has 3 heteroatoms. The topological polar surface area (TPSA) is 35.5 Å². The Hall–Kier alpha value is -0.730. The van der Waals surface area contributed by atoms with Crippen LogP contribution in [-0.2, 0) is 9.47 Å². The van der Waals surface area contributed by atoms with E-state index >= 15 is 0 Å². The lowest BCUT2D eigenvalue weighted by molar-refractivity contribution is 0.0295. The molecule has 1 saturated heterocycles. The smallest absolute Gasteiger partial charge is 0.427 e. The Morgan fingerprint density at radius 2 is 1.50 bits per heavy atom. The van der Waals surface area contributed by atoms with Crippen molar-refractivity contribution in [2.24, 2.45) is 11.8 Å². The van der Waals surface area contributed by atoms with Gasteiger partial charge in [-0.05, 0) is 24.7 Å². The predicted octanol–water partition coefficient (Wildman–Crippen LogP) is 1.96. The summed E-state index contributed by atoms with van der Waals surface area (Å²) in [5.41, 5.74) is 0. The molecule has 12 heavy (non-hydrogen) atoms. The Bertz CT molecular complexity index is 182. The van der Waals surface area contributed by atoms with Crippen LogP contribution >= 0.6 is 0 Å². The molecule has 0 radical (unpaired) electrons. The monoisotopic (exact) mass is 170 g/mol. The second kappa shape index (κ2) is 2.64. The van der Waals surface area contributed by atoms with Crippen molar-refractivity contribution in [1.82, 2.24) is 0 Å². The zero-order valence-electron chi connectivity index (χ0n) is 7.45. The molecule has 0 aromatic carbocycles. The van der Waals surface area contributed by atoms with Crippen molar-refractivity contribution in [2.45, 2.75) is 38.9 Å². The quantitative estimate of drug-likeness (QED) is 0.521. The van der Waals surface area contributed by atoms with E-state index in [4.69, 9.17) is 9.47 Å². The largest absolute Gasteiger partial charge is 0.509 e. The van der Waals surface area contributed by atoms with Gasteiger partial charge in [0.25, 0.3) is 0 Å². The Labute approximate surface area is 72.0 Å². The minimum absolute atomic E-state index is 0.0150. The summed E-state index contributed by atoms with van der Waals surface area (Å²) in [7, 11) is 0. The van der Waals surface area contributed by atoms with Gasteiger partial charge in [-0.3, -0.25) is 0 Å². The minimum atomic E-state index is -0.481. The van der Waals surface area contributed by atoms with Crippen LogP contribution in [0.15, 0.2) is 0 Å². The average Bonchev–Trinajstić information content (AvgIpc) is 2.41. The molecule has 1 saturated carbocycles. The van der Waals surface area contributed by atoms with E-state index in [1.54, 1.807) is 0 Å². The molecule has 3 nitrogen and oxygen atoms in total. The van der Waals surface area contributed by atoms with E-state index in [-0.39, 0.29) is 12.2 Å². The fourth-order valence-corrected chi connectivity index (χ4v) is 2.12. The van der Waals surface area contributed by atoms with Gasteiger partial charge in [-0.15, -0.1) is 0 Å². The summed E-state index contributed by atoms with van der Waals surface area (Å²) in [5, 5.41) is 0. The molecular weight excluding hydrogens is 156 g/mol. The van der Waals surface area contributed by atoms with E-state index in [1.807, 2.05) is 0 Å². The molecule has 1 aliphatic carbocycles. The van der Waals surface area contributed by atoms with E-state index in [2.05, 4.69) is 13.8 Å². The van der Waals surface area contributed by atoms with Gasteiger partial charge in [0.1, 0.15) is 12.2 Å². The Kier molecular flexibility index (Phi) is 1.74. The fourth-order valence-electron chi connectivity index (χ4n) is 2.12. The molecule has 4 atom stereocenters. The van der Waals surface area contributed by atoms with Crippen LogP contribution in [0.1, 0.15) is 26.7 Å². The van der Waals surface area contributed by atoms with Crippen LogP contribution in [0.2, 0.25) is 0 Å². The molecule has 1 heterocycles. The van der Waals surface area contributed by atoms with Crippen molar-refractivity contribution in [2.75, 3.05) is 0 Å². The van der Waals surface area contributed by atoms with Crippen molar-refractivity contribution >= 4 is 6.16 Å². The molecule has 0 amide bonds. The van der Waals surface area contributed by atoms with Crippen molar-refractivity contribution < 1.29 is 14.3 Å². The highest BCUT2D eigenvalue weighted by atomic mass is 16.8. The molecule has 0 spiro atoms. The first-order chi connectivity index (χ1) is 5.68. The Morgan fingerprint density at radius 3 is 1.92 bits per heavy atom. The van der Waals surface area contributed by atoms with Crippen LogP contribution in [0.25, 0.3) is 0 Å². The molecule has 0 aromatic rings. The summed E-state index contributed by atoms with van der Waals surface area (Å²) in [6.45, 7) is 4.23. The van der Waals surface area contributed by atoms with Gasteiger partial charge >= 0.3 is 6.16 Å². The maximum Gasteiger partial charge on any atom is 0.509 e. The van der Waals surface area contributed by atoms with Gasteiger partial charge < -0.3 is 9.47 Å². The molecule has 0 aromatic heterocycles. The first-order valence-electron chi connectivity index (χ1n) is 4.55. The van der Waals surface area contributed by atoms with E-state index in [0.717, 1.165) is 12.8 Å². The molecule has 2 aliphatic rings. The van der Waals surface area contributed by atoms with Crippen LogP contribution in [0, 0.1) is 11.8 Å². The number of rotatable bonds is 0. The van der Waals surface area contributed by atoms with Gasteiger partial charge in [0.15, 0.2) is 0 Å². The van der Waals surface area contributed by atoms with E-state index in [9.17, 15) is 4.79 Å². The molecule has 0 bridgehead atoms. The Morgan fingerprint density at radius 1 is 1.08 bits per heavy atom. The predicted molar refractivity (Wildman–Crippen MR) is 42.7 cm³/mol. The number of hydrogen-bond acceptors (Lipinski definition) is 3.